The van der Waals surface area contributed by atoms with Crippen molar-refractivity contribution in [3.8, 4) is 0 Å². The summed E-state index contributed by atoms with van der Waals surface area (Å²) >= 11 is 1.49. The normalized spacial score (nSPS) is 11.3. The Morgan fingerprint density at radius 1 is 1.17 bits per heavy atom. The van der Waals surface area contributed by atoms with Crippen LogP contribution in [0.5, 0.6) is 0 Å². The van der Waals surface area contributed by atoms with Gasteiger partial charge in [-0.2, -0.15) is 0 Å². The summed E-state index contributed by atoms with van der Waals surface area (Å²) in [5.41, 5.74) is 5.25. The van der Waals surface area contributed by atoms with E-state index >= 15 is 0 Å². The summed E-state index contributed by atoms with van der Waals surface area (Å²) in [6.45, 7) is 5.94. The zero-order valence-electron chi connectivity index (χ0n) is 13.6. The number of nitrogens with one attached hydrogen (secondary N) is 1. The van der Waals surface area contributed by atoms with Crippen LogP contribution in [0, 0.1) is 20.8 Å². The average molecular weight is 336 g/mol. The lowest BCUT2D eigenvalue weighted by molar-refractivity contribution is 0.102. The van der Waals surface area contributed by atoms with Gasteiger partial charge in [-0.1, -0.05) is 23.5 Å². The molecule has 0 fully saturated rings. The molecule has 1 aromatic carbocycles. The number of imidazole rings is 1. The Bertz CT molecular complexity index is 1090. The average Bonchev–Trinajstić information content (AvgIpc) is 3.06. The van der Waals surface area contributed by atoms with Crippen molar-refractivity contribution in [3.05, 3.63) is 59.0 Å². The minimum atomic E-state index is -0.195. The molecular formula is C18H16N4OS. The number of rotatable bonds is 2. The number of hydrogen-bond donors (Lipinski definition) is 1. The summed E-state index contributed by atoms with van der Waals surface area (Å²) in [5.74, 6) is -0.195. The quantitative estimate of drug-likeness (QED) is 0.599. The van der Waals surface area contributed by atoms with Crippen LogP contribution in [0.2, 0.25) is 0 Å². The number of pyridine rings is 1. The first-order valence-electron chi connectivity index (χ1n) is 7.66. The molecule has 4 rings (SSSR count). The van der Waals surface area contributed by atoms with Gasteiger partial charge in [0, 0.05) is 6.20 Å². The first kappa shape index (κ1) is 14.8. The smallest absolute Gasteiger partial charge is 0.276 e. The lowest BCUT2D eigenvalue weighted by Crippen LogP contribution is -2.15. The molecule has 3 aromatic heterocycles. The Morgan fingerprint density at radius 2 is 2.00 bits per heavy atom. The Labute approximate surface area is 143 Å². The number of fused-ring (bicyclic) bond motifs is 2. The molecule has 6 heteroatoms. The highest BCUT2D eigenvalue weighted by molar-refractivity contribution is 7.22. The second-order valence-electron chi connectivity index (χ2n) is 5.88. The van der Waals surface area contributed by atoms with Crippen LogP contribution in [0.25, 0.3) is 15.9 Å². The molecule has 4 aromatic rings. The summed E-state index contributed by atoms with van der Waals surface area (Å²) < 4.78 is 2.88. The largest absolute Gasteiger partial charge is 0.296 e. The van der Waals surface area contributed by atoms with E-state index in [-0.39, 0.29) is 5.91 Å². The Balaban J connectivity index is 1.73. The molecule has 0 atom stereocenters. The van der Waals surface area contributed by atoms with Gasteiger partial charge in [0.25, 0.3) is 5.91 Å². The van der Waals surface area contributed by atoms with E-state index in [0.717, 1.165) is 21.4 Å². The van der Waals surface area contributed by atoms with Crippen LogP contribution in [0.3, 0.4) is 0 Å². The number of carbonyl (C=O) groups excluding carboxylic acids is 1. The van der Waals surface area contributed by atoms with Gasteiger partial charge in [-0.3, -0.25) is 14.5 Å². The molecule has 0 unspecified atom stereocenters. The second-order valence-corrected chi connectivity index (χ2v) is 6.91. The van der Waals surface area contributed by atoms with E-state index in [1.165, 1.54) is 16.9 Å². The molecule has 1 N–H and O–H groups in total. The maximum Gasteiger partial charge on any atom is 0.276 e. The van der Waals surface area contributed by atoms with Gasteiger partial charge in [0.05, 0.1) is 15.9 Å². The molecule has 0 saturated heterocycles. The lowest BCUT2D eigenvalue weighted by Gasteiger charge is -2.02. The Kier molecular flexibility index (Phi) is 3.35. The van der Waals surface area contributed by atoms with Crippen LogP contribution in [0.4, 0.5) is 5.13 Å². The Morgan fingerprint density at radius 3 is 2.83 bits per heavy atom. The molecule has 0 aliphatic carbocycles. The number of aryl methyl sites for hydroxylation is 3. The van der Waals surface area contributed by atoms with Gasteiger partial charge in [-0.05, 0) is 50.1 Å². The van der Waals surface area contributed by atoms with Crippen LogP contribution >= 0.6 is 11.3 Å². The van der Waals surface area contributed by atoms with Crippen molar-refractivity contribution in [1.29, 1.82) is 0 Å². The van der Waals surface area contributed by atoms with Crippen LogP contribution < -0.4 is 5.32 Å². The van der Waals surface area contributed by atoms with Crippen molar-refractivity contribution in [2.24, 2.45) is 0 Å². The number of aromatic nitrogens is 3. The fraction of sp³-hybridized carbons (Fsp3) is 0.167. The van der Waals surface area contributed by atoms with E-state index in [9.17, 15) is 4.79 Å². The number of anilines is 1. The van der Waals surface area contributed by atoms with Gasteiger partial charge in [0.1, 0.15) is 11.3 Å². The molecule has 24 heavy (non-hydrogen) atoms. The molecule has 0 spiro atoms. The minimum Gasteiger partial charge on any atom is -0.296 e. The standard InChI is InChI=1S/C18H16N4OS/c1-10-8-11(2)15-13(9-10)24-18(20-15)21-17(23)16-12(3)19-14-6-4-5-7-22(14)16/h4-9H,1-3H3,(H,20,21,23). The summed E-state index contributed by atoms with van der Waals surface area (Å²) in [6, 6.07) is 9.86. The van der Waals surface area contributed by atoms with Crippen molar-refractivity contribution in [3.63, 3.8) is 0 Å². The summed E-state index contributed by atoms with van der Waals surface area (Å²) in [4.78, 5) is 21.7. The fourth-order valence-corrected chi connectivity index (χ4v) is 4.00. The number of carbonyl (C=O) groups is 1. The molecule has 5 nitrogen and oxygen atoms in total. The topological polar surface area (TPSA) is 59.3 Å². The molecular weight excluding hydrogens is 320 g/mol. The zero-order valence-corrected chi connectivity index (χ0v) is 14.4. The Hall–Kier alpha value is -2.73. The maximum absolute atomic E-state index is 12.7. The molecule has 0 aliphatic rings. The zero-order chi connectivity index (χ0) is 16.8. The third kappa shape index (κ3) is 2.35. The highest BCUT2D eigenvalue weighted by Crippen LogP contribution is 2.29. The van der Waals surface area contributed by atoms with Gasteiger partial charge >= 0.3 is 0 Å². The molecule has 120 valence electrons. The number of benzene rings is 1. The monoisotopic (exact) mass is 336 g/mol. The third-order valence-electron chi connectivity index (χ3n) is 3.97. The molecule has 0 aliphatic heterocycles. The molecule has 3 heterocycles. The van der Waals surface area contributed by atoms with Crippen molar-refractivity contribution in [2.45, 2.75) is 20.8 Å². The highest BCUT2D eigenvalue weighted by atomic mass is 32.1. The van der Waals surface area contributed by atoms with Crippen molar-refractivity contribution < 1.29 is 4.79 Å². The maximum atomic E-state index is 12.7. The van der Waals surface area contributed by atoms with E-state index in [1.807, 2.05) is 38.2 Å². The third-order valence-corrected chi connectivity index (χ3v) is 4.89. The van der Waals surface area contributed by atoms with Crippen LogP contribution in [0.1, 0.15) is 27.3 Å². The first-order valence-corrected chi connectivity index (χ1v) is 8.47. The SMILES string of the molecule is Cc1cc(C)c2nc(NC(=O)c3c(C)nc4ccccn34)sc2c1. The van der Waals surface area contributed by atoms with E-state index in [0.29, 0.717) is 16.5 Å². The number of amides is 1. The number of thiazole rings is 1. The van der Waals surface area contributed by atoms with Crippen LogP contribution in [-0.4, -0.2) is 20.3 Å². The summed E-state index contributed by atoms with van der Waals surface area (Å²) in [7, 11) is 0. The molecule has 0 saturated carbocycles. The number of hydrogen-bond acceptors (Lipinski definition) is 4. The van der Waals surface area contributed by atoms with Crippen LogP contribution in [0.15, 0.2) is 36.5 Å². The van der Waals surface area contributed by atoms with E-state index in [4.69, 9.17) is 0 Å². The molecule has 1 amide bonds. The second kappa shape index (κ2) is 5.42. The van der Waals surface area contributed by atoms with Crippen LogP contribution in [-0.2, 0) is 0 Å². The van der Waals surface area contributed by atoms with Gasteiger partial charge in [-0.15, -0.1) is 0 Å². The van der Waals surface area contributed by atoms with E-state index < -0.39 is 0 Å². The summed E-state index contributed by atoms with van der Waals surface area (Å²) in [6.07, 6.45) is 1.84. The predicted octanol–water partition coefficient (Wildman–Crippen LogP) is 4.12. The molecule has 0 bridgehead atoms. The van der Waals surface area contributed by atoms with Crippen molar-refractivity contribution in [1.82, 2.24) is 14.4 Å². The van der Waals surface area contributed by atoms with Crippen molar-refractivity contribution >= 4 is 38.2 Å². The van der Waals surface area contributed by atoms with Gasteiger partial charge < -0.3 is 0 Å². The van der Waals surface area contributed by atoms with Gasteiger partial charge in [-0.25, -0.2) is 9.97 Å². The highest BCUT2D eigenvalue weighted by Gasteiger charge is 2.18. The fourth-order valence-electron chi connectivity index (χ4n) is 2.97. The minimum absolute atomic E-state index is 0.195. The van der Waals surface area contributed by atoms with E-state index in [2.05, 4.69) is 34.3 Å². The van der Waals surface area contributed by atoms with Gasteiger partial charge in [0.15, 0.2) is 5.13 Å². The molecule has 0 radical (unpaired) electrons. The first-order chi connectivity index (χ1) is 11.5. The summed E-state index contributed by atoms with van der Waals surface area (Å²) in [5, 5.41) is 3.53. The lowest BCUT2D eigenvalue weighted by atomic mass is 10.1. The van der Waals surface area contributed by atoms with Crippen molar-refractivity contribution in [2.75, 3.05) is 5.32 Å². The number of nitrogens with zero attached hydrogens (tertiary/aromatic N) is 3. The van der Waals surface area contributed by atoms with Gasteiger partial charge in [0.2, 0.25) is 0 Å². The predicted molar refractivity (Wildman–Crippen MR) is 97.0 cm³/mol. The van der Waals surface area contributed by atoms with E-state index in [1.54, 1.807) is 4.40 Å².